The Bertz CT molecular complexity index is 787. The van der Waals surface area contributed by atoms with Gasteiger partial charge in [-0.1, -0.05) is 11.6 Å². The molecule has 5 nitrogen and oxygen atoms in total. The van der Waals surface area contributed by atoms with Crippen LogP contribution in [0, 0.1) is 0 Å². The fourth-order valence-electron chi connectivity index (χ4n) is 3.60. The van der Waals surface area contributed by atoms with Gasteiger partial charge < -0.3 is 18.9 Å². The Hall–Kier alpha value is -2.14. The number of ether oxygens (including phenoxy) is 2. The highest BCUT2D eigenvalue weighted by Crippen LogP contribution is 2.38. The van der Waals surface area contributed by atoms with Crippen molar-refractivity contribution in [2.24, 2.45) is 7.05 Å². The lowest BCUT2D eigenvalue weighted by molar-refractivity contribution is 0.0602. The predicted molar refractivity (Wildman–Crippen MR) is 102 cm³/mol. The third-order valence-electron chi connectivity index (χ3n) is 4.85. The maximum atomic E-state index is 13.3. The second kappa shape index (κ2) is 8.04. The van der Waals surface area contributed by atoms with Gasteiger partial charge in [-0.3, -0.25) is 4.79 Å². The molecule has 1 saturated heterocycles. The zero-order chi connectivity index (χ0) is 18.7. The SMILES string of the molecule is CCOc1c(Cl)cc(C(=O)N2CCCC[C@H]2c2cccn2C)cc1OC. The Morgan fingerprint density at radius 1 is 1.35 bits per heavy atom. The van der Waals surface area contributed by atoms with Crippen molar-refractivity contribution in [2.75, 3.05) is 20.3 Å². The van der Waals surface area contributed by atoms with E-state index >= 15 is 0 Å². The first-order valence-electron chi connectivity index (χ1n) is 8.99. The van der Waals surface area contributed by atoms with Gasteiger partial charge in [0.15, 0.2) is 11.5 Å². The summed E-state index contributed by atoms with van der Waals surface area (Å²) in [7, 11) is 3.57. The molecule has 0 N–H and O–H groups in total. The molecule has 2 heterocycles. The van der Waals surface area contributed by atoms with E-state index in [4.69, 9.17) is 21.1 Å². The van der Waals surface area contributed by atoms with E-state index in [9.17, 15) is 4.79 Å². The standard InChI is InChI=1S/C20H25ClN2O3/c1-4-26-19-15(21)12-14(13-18(19)25-3)20(24)23-11-6-5-8-17(23)16-9-7-10-22(16)2/h7,9-10,12-13,17H,4-6,8,11H2,1-3H3/t17-/m0/s1. The Labute approximate surface area is 159 Å². The summed E-state index contributed by atoms with van der Waals surface area (Å²) in [4.78, 5) is 15.2. The van der Waals surface area contributed by atoms with Crippen LogP contribution < -0.4 is 9.47 Å². The van der Waals surface area contributed by atoms with Gasteiger partial charge in [0, 0.05) is 31.0 Å². The highest BCUT2D eigenvalue weighted by atomic mass is 35.5. The van der Waals surface area contributed by atoms with Gasteiger partial charge in [0.05, 0.1) is 24.8 Å². The Kier molecular flexibility index (Phi) is 5.77. The molecule has 6 heteroatoms. The molecule has 1 aromatic carbocycles. The molecule has 1 fully saturated rings. The van der Waals surface area contributed by atoms with Crippen LogP contribution in [0.1, 0.15) is 48.3 Å². The molecule has 1 aliphatic heterocycles. The molecule has 0 spiro atoms. The van der Waals surface area contributed by atoms with Crippen LogP contribution in [0.25, 0.3) is 0 Å². The number of likely N-dealkylation sites (tertiary alicyclic amines) is 1. The first kappa shape index (κ1) is 18.6. The molecule has 1 amide bonds. The lowest BCUT2D eigenvalue weighted by atomic mass is 9.98. The highest BCUT2D eigenvalue weighted by Gasteiger charge is 2.31. The van der Waals surface area contributed by atoms with E-state index in [1.807, 2.05) is 31.1 Å². The van der Waals surface area contributed by atoms with Crippen molar-refractivity contribution in [3.05, 3.63) is 46.7 Å². The topological polar surface area (TPSA) is 43.7 Å². The lowest BCUT2D eigenvalue weighted by Gasteiger charge is -2.36. The zero-order valence-electron chi connectivity index (χ0n) is 15.5. The molecule has 3 rings (SSSR count). The molecule has 1 atom stereocenters. The van der Waals surface area contributed by atoms with Crippen LogP contribution in [0.4, 0.5) is 0 Å². The first-order valence-corrected chi connectivity index (χ1v) is 9.37. The van der Waals surface area contributed by atoms with Crippen molar-refractivity contribution in [3.63, 3.8) is 0 Å². The van der Waals surface area contributed by atoms with Gasteiger partial charge in [-0.2, -0.15) is 0 Å². The number of aromatic nitrogens is 1. The van der Waals surface area contributed by atoms with E-state index in [0.717, 1.165) is 31.5 Å². The third-order valence-corrected chi connectivity index (χ3v) is 5.13. The minimum Gasteiger partial charge on any atom is -0.493 e. The summed E-state index contributed by atoms with van der Waals surface area (Å²) < 4.78 is 13.0. The van der Waals surface area contributed by atoms with Crippen molar-refractivity contribution in [2.45, 2.75) is 32.2 Å². The number of carbonyl (C=O) groups excluding carboxylic acids is 1. The van der Waals surface area contributed by atoms with E-state index in [0.29, 0.717) is 28.7 Å². The molecule has 0 saturated carbocycles. The van der Waals surface area contributed by atoms with Gasteiger partial charge in [-0.25, -0.2) is 0 Å². The number of benzene rings is 1. The minimum atomic E-state index is -0.0286. The van der Waals surface area contributed by atoms with Crippen molar-refractivity contribution < 1.29 is 14.3 Å². The molecule has 26 heavy (non-hydrogen) atoms. The van der Waals surface area contributed by atoms with Crippen LogP contribution in [-0.4, -0.2) is 35.6 Å². The monoisotopic (exact) mass is 376 g/mol. The van der Waals surface area contributed by atoms with Gasteiger partial charge in [0.25, 0.3) is 5.91 Å². The summed E-state index contributed by atoms with van der Waals surface area (Å²) in [6.45, 7) is 3.10. The Balaban J connectivity index is 1.94. The lowest BCUT2D eigenvalue weighted by Crippen LogP contribution is -2.39. The molecular formula is C20H25ClN2O3. The van der Waals surface area contributed by atoms with E-state index in [-0.39, 0.29) is 11.9 Å². The second-order valence-electron chi connectivity index (χ2n) is 6.48. The number of piperidine rings is 1. The average molecular weight is 377 g/mol. The van der Waals surface area contributed by atoms with Crippen molar-refractivity contribution in [1.82, 2.24) is 9.47 Å². The smallest absolute Gasteiger partial charge is 0.254 e. The van der Waals surface area contributed by atoms with Crippen LogP contribution in [0.15, 0.2) is 30.5 Å². The van der Waals surface area contributed by atoms with E-state index in [1.165, 1.54) is 0 Å². The first-order chi connectivity index (χ1) is 12.6. The summed E-state index contributed by atoms with van der Waals surface area (Å²) in [5.74, 6) is 0.931. The maximum Gasteiger partial charge on any atom is 0.254 e. The molecule has 2 aromatic rings. The molecule has 0 radical (unpaired) electrons. The molecule has 0 bridgehead atoms. The van der Waals surface area contributed by atoms with Gasteiger partial charge in [-0.05, 0) is 50.5 Å². The van der Waals surface area contributed by atoms with Crippen LogP contribution in [0.2, 0.25) is 5.02 Å². The number of halogens is 1. The maximum absolute atomic E-state index is 13.3. The Morgan fingerprint density at radius 3 is 2.81 bits per heavy atom. The van der Waals surface area contributed by atoms with E-state index in [2.05, 4.69) is 10.6 Å². The van der Waals surface area contributed by atoms with Gasteiger partial charge in [0.2, 0.25) is 0 Å². The number of rotatable bonds is 5. The normalized spacial score (nSPS) is 17.2. The zero-order valence-corrected chi connectivity index (χ0v) is 16.3. The summed E-state index contributed by atoms with van der Waals surface area (Å²) >= 11 is 6.36. The van der Waals surface area contributed by atoms with Crippen molar-refractivity contribution >= 4 is 17.5 Å². The fraction of sp³-hybridized carbons (Fsp3) is 0.450. The second-order valence-corrected chi connectivity index (χ2v) is 6.88. The predicted octanol–water partition coefficient (Wildman–Crippen LogP) is 4.45. The average Bonchev–Trinajstić information content (AvgIpc) is 3.08. The molecular weight excluding hydrogens is 352 g/mol. The Morgan fingerprint density at radius 2 is 2.15 bits per heavy atom. The minimum absolute atomic E-state index is 0.0286. The summed E-state index contributed by atoms with van der Waals surface area (Å²) in [6.07, 6.45) is 5.11. The van der Waals surface area contributed by atoms with E-state index < -0.39 is 0 Å². The van der Waals surface area contributed by atoms with Crippen molar-refractivity contribution in [1.29, 1.82) is 0 Å². The highest BCUT2D eigenvalue weighted by molar-refractivity contribution is 6.32. The fourth-order valence-corrected chi connectivity index (χ4v) is 3.86. The molecule has 140 valence electrons. The van der Waals surface area contributed by atoms with Gasteiger partial charge >= 0.3 is 0 Å². The summed E-state index contributed by atoms with van der Waals surface area (Å²) in [5, 5.41) is 0.391. The summed E-state index contributed by atoms with van der Waals surface area (Å²) in [6, 6.07) is 7.57. The van der Waals surface area contributed by atoms with Crippen molar-refractivity contribution in [3.8, 4) is 11.5 Å². The quantitative estimate of drug-likeness (QED) is 0.774. The number of aryl methyl sites for hydroxylation is 1. The van der Waals surface area contributed by atoms with Crippen LogP contribution in [0.3, 0.4) is 0 Å². The third kappa shape index (κ3) is 3.54. The van der Waals surface area contributed by atoms with Gasteiger partial charge in [-0.15, -0.1) is 0 Å². The number of hydrogen-bond donors (Lipinski definition) is 0. The number of nitrogens with zero attached hydrogens (tertiary/aromatic N) is 2. The number of amides is 1. The molecule has 1 aromatic heterocycles. The van der Waals surface area contributed by atoms with Gasteiger partial charge in [0.1, 0.15) is 0 Å². The molecule has 1 aliphatic rings. The number of carbonyl (C=O) groups is 1. The largest absolute Gasteiger partial charge is 0.493 e. The number of hydrogen-bond acceptors (Lipinski definition) is 3. The van der Waals surface area contributed by atoms with E-state index in [1.54, 1.807) is 19.2 Å². The van der Waals surface area contributed by atoms with Crippen LogP contribution >= 0.6 is 11.6 Å². The molecule has 0 aliphatic carbocycles. The number of methoxy groups -OCH3 is 1. The van der Waals surface area contributed by atoms with Crippen LogP contribution in [0.5, 0.6) is 11.5 Å². The summed E-state index contributed by atoms with van der Waals surface area (Å²) in [5.41, 5.74) is 1.68. The van der Waals surface area contributed by atoms with Crippen LogP contribution in [-0.2, 0) is 7.05 Å². The molecule has 0 unspecified atom stereocenters.